The van der Waals surface area contributed by atoms with Crippen LogP contribution in [0.4, 0.5) is 78.7 Å². The van der Waals surface area contributed by atoms with Crippen LogP contribution in [0.2, 0.25) is 5.02 Å². The van der Waals surface area contributed by atoms with Gasteiger partial charge in [0.2, 0.25) is 24.1 Å². The predicted molar refractivity (Wildman–Crippen MR) is 186 cm³/mol. The SMILES string of the molecule is O=C(C(=O)C(F)(F)F)C(F)(F)F.O=C(CC1CCN(c2ncc(F)cn2)CC1)Nc1ccc2cc1CCc1cncc(c1)Nc1ncc(Cl)c(n1)N2.O=CC(F)(F)F. The minimum Gasteiger partial charge on any atom is -0.341 e. The molecule has 0 aliphatic carbocycles. The van der Waals surface area contributed by atoms with Gasteiger partial charge in [-0.1, -0.05) is 11.6 Å². The first-order chi connectivity index (χ1) is 27.1. The van der Waals surface area contributed by atoms with Crippen molar-refractivity contribution in [3.8, 4) is 0 Å². The minimum absolute atomic E-state index is 0.0206. The zero-order valence-corrected chi connectivity index (χ0v) is 30.0. The van der Waals surface area contributed by atoms with Gasteiger partial charge in [0.15, 0.2) is 11.6 Å². The average molecular weight is 852 g/mol. The third kappa shape index (κ3) is 13.6. The lowest BCUT2D eigenvalue weighted by molar-refractivity contribution is -0.193. The molecule has 58 heavy (non-hydrogen) atoms. The van der Waals surface area contributed by atoms with Crippen molar-refractivity contribution in [3.05, 3.63) is 77.2 Å². The number of carbonyl (C=O) groups is 4. The molecule has 0 radical (unpaired) electrons. The van der Waals surface area contributed by atoms with Crippen LogP contribution in [0.25, 0.3) is 0 Å². The Morgan fingerprint density at radius 2 is 1.45 bits per heavy atom. The molecule has 0 unspecified atom stereocenters. The number of piperidine rings is 1. The molecule has 13 nitrogen and oxygen atoms in total. The summed E-state index contributed by atoms with van der Waals surface area (Å²) in [4.78, 5) is 64.4. The van der Waals surface area contributed by atoms with Crippen molar-refractivity contribution in [2.24, 2.45) is 5.92 Å². The van der Waals surface area contributed by atoms with Crippen molar-refractivity contribution in [2.45, 2.75) is 50.6 Å². The van der Waals surface area contributed by atoms with Crippen molar-refractivity contribution in [2.75, 3.05) is 33.9 Å². The number of carbonyl (C=O) groups excluding carboxylic acids is 4. The number of aldehydes is 1. The summed E-state index contributed by atoms with van der Waals surface area (Å²) in [5.41, 5.74) is 4.40. The van der Waals surface area contributed by atoms with Gasteiger partial charge in [-0.05, 0) is 67.0 Å². The Kier molecular flexibility index (Phi) is 14.6. The van der Waals surface area contributed by atoms with Crippen molar-refractivity contribution in [1.29, 1.82) is 0 Å². The molecule has 6 rings (SSSR count). The lowest BCUT2D eigenvalue weighted by Crippen LogP contribution is -2.39. The Morgan fingerprint density at radius 3 is 2.03 bits per heavy atom. The van der Waals surface area contributed by atoms with Crippen molar-refractivity contribution in [3.63, 3.8) is 0 Å². The third-order valence-corrected chi connectivity index (χ3v) is 8.23. The zero-order chi connectivity index (χ0) is 42.8. The molecule has 1 amide bonds. The summed E-state index contributed by atoms with van der Waals surface area (Å²) in [5, 5.41) is 9.99. The predicted octanol–water partition coefficient (Wildman–Crippen LogP) is 7.28. The number of aryl methyl sites for hydroxylation is 2. The van der Waals surface area contributed by atoms with Crippen LogP contribution < -0.4 is 20.9 Å². The van der Waals surface area contributed by atoms with E-state index >= 15 is 0 Å². The number of anilines is 6. The van der Waals surface area contributed by atoms with Gasteiger partial charge in [-0.2, -0.15) is 44.5 Å². The zero-order valence-electron chi connectivity index (χ0n) is 29.3. The van der Waals surface area contributed by atoms with E-state index in [-0.39, 0.29) is 11.8 Å². The number of aromatic nitrogens is 5. The van der Waals surface area contributed by atoms with Gasteiger partial charge >= 0.3 is 30.1 Å². The van der Waals surface area contributed by atoms with Gasteiger partial charge in [-0.25, -0.2) is 19.3 Å². The number of nitrogens with zero attached hydrogens (tertiary/aromatic N) is 6. The fourth-order valence-electron chi connectivity index (χ4n) is 5.28. The Labute approximate surface area is 325 Å². The van der Waals surface area contributed by atoms with Gasteiger partial charge in [-0.15, -0.1) is 0 Å². The number of amides is 1. The molecule has 4 aromatic rings. The van der Waals surface area contributed by atoms with E-state index in [1.807, 2.05) is 35.4 Å². The molecule has 0 spiro atoms. The van der Waals surface area contributed by atoms with E-state index in [1.54, 1.807) is 12.4 Å². The molecule has 0 atom stereocenters. The number of Topliss-reactive ketones (excluding diaryl/α,β-unsaturated/α-hetero) is 2. The summed E-state index contributed by atoms with van der Waals surface area (Å²) in [7, 11) is 0. The molecule has 3 N–H and O–H groups in total. The molecule has 2 aliphatic rings. The van der Waals surface area contributed by atoms with E-state index in [4.69, 9.17) is 16.4 Å². The van der Waals surface area contributed by atoms with Gasteiger partial charge in [0.1, 0.15) is 5.02 Å². The normalized spacial score (nSPS) is 14.2. The maximum atomic E-state index is 13.1. The summed E-state index contributed by atoms with van der Waals surface area (Å²) in [6.45, 7) is 1.45. The maximum Gasteiger partial charge on any atom is 0.458 e. The van der Waals surface area contributed by atoms with E-state index in [9.17, 15) is 58.3 Å². The summed E-state index contributed by atoms with van der Waals surface area (Å²) < 4.78 is 111. The smallest absolute Gasteiger partial charge is 0.341 e. The number of hydrogen-bond acceptors (Lipinski definition) is 12. The number of alkyl halides is 9. The second kappa shape index (κ2) is 19.0. The molecule has 310 valence electrons. The Balaban J connectivity index is 0.000000346. The molecule has 1 saturated heterocycles. The molecule has 2 aliphatic heterocycles. The van der Waals surface area contributed by atoms with Crippen LogP contribution in [0.15, 0.2) is 55.2 Å². The highest BCUT2D eigenvalue weighted by Gasteiger charge is 2.54. The van der Waals surface area contributed by atoms with E-state index in [0.717, 1.165) is 60.5 Å². The molecule has 1 aromatic carbocycles. The fourth-order valence-corrected chi connectivity index (χ4v) is 5.42. The van der Waals surface area contributed by atoms with Gasteiger partial charge < -0.3 is 20.9 Å². The molecule has 24 heteroatoms. The largest absolute Gasteiger partial charge is 0.458 e. The monoisotopic (exact) mass is 851 g/mol. The summed E-state index contributed by atoms with van der Waals surface area (Å²) >= 11 is 6.37. The van der Waals surface area contributed by atoms with E-state index in [2.05, 4.69) is 40.9 Å². The standard InChI is InChI=1S/C28H27ClFN9O.C4F6O2.C2HF3O/c29-23-16-32-27-36-22-9-18(12-31-15-22)1-2-19-11-21(35-26(23)38-27)3-4-24(19)37-25(40)10-17-5-7-39(8-6-17)28-33-13-20(30)14-34-28;5-3(6,7)1(11)2(12)4(8,9)10;3-2(4,5)1-6/h3-4,9,11-17H,1-2,5-8,10H2,(H,37,40)(H2,32,35,36,38);;1H. The average Bonchev–Trinajstić information content (AvgIpc) is 3.16. The molecule has 0 saturated carbocycles. The molecular formula is C34H28ClF10N9O4. The fraction of sp³-hybridized carbons (Fsp3) is 0.324. The van der Waals surface area contributed by atoms with Crippen LogP contribution in [-0.4, -0.2) is 80.3 Å². The molecule has 1 fully saturated rings. The number of pyridine rings is 1. The number of hydrogen-bond donors (Lipinski definition) is 3. The Hall–Kier alpha value is -6.00. The first kappa shape index (κ1) is 44.7. The van der Waals surface area contributed by atoms with Gasteiger partial charge in [0, 0.05) is 37.1 Å². The number of benzene rings is 1. The van der Waals surface area contributed by atoms with Crippen LogP contribution in [0.1, 0.15) is 30.4 Å². The van der Waals surface area contributed by atoms with Crippen LogP contribution in [0, 0.1) is 11.7 Å². The molecule has 3 aromatic heterocycles. The summed E-state index contributed by atoms with van der Waals surface area (Å²) in [6.07, 6.45) is -6.26. The van der Waals surface area contributed by atoms with Gasteiger partial charge in [0.05, 0.1) is 30.5 Å². The lowest BCUT2D eigenvalue weighted by atomic mass is 9.93. The van der Waals surface area contributed by atoms with E-state index < -0.39 is 42.2 Å². The van der Waals surface area contributed by atoms with Crippen LogP contribution in [-0.2, 0) is 32.0 Å². The highest BCUT2D eigenvalue weighted by molar-refractivity contribution is 6.41. The number of halogens is 11. The number of nitrogens with one attached hydrogen (secondary N) is 3. The Bertz CT molecular complexity index is 2070. The second-order valence-electron chi connectivity index (χ2n) is 12.3. The van der Waals surface area contributed by atoms with Crippen molar-refractivity contribution >= 4 is 70.1 Å². The van der Waals surface area contributed by atoms with Gasteiger partial charge in [-0.3, -0.25) is 24.2 Å². The lowest BCUT2D eigenvalue weighted by Gasteiger charge is -2.31. The van der Waals surface area contributed by atoms with Crippen LogP contribution in [0.5, 0.6) is 0 Å². The summed E-state index contributed by atoms with van der Waals surface area (Å²) in [6, 6.07) is 7.83. The highest BCUT2D eigenvalue weighted by Crippen LogP contribution is 2.31. The Morgan fingerprint density at radius 1 is 0.828 bits per heavy atom. The van der Waals surface area contributed by atoms with Crippen molar-refractivity contribution < 1.29 is 63.1 Å². The maximum absolute atomic E-state index is 13.1. The van der Waals surface area contributed by atoms with E-state index in [1.165, 1.54) is 12.4 Å². The van der Waals surface area contributed by atoms with Crippen LogP contribution >= 0.6 is 11.6 Å². The van der Waals surface area contributed by atoms with Crippen LogP contribution in [0.3, 0.4) is 0 Å². The number of rotatable bonds is 5. The second-order valence-corrected chi connectivity index (χ2v) is 12.7. The first-order valence-corrected chi connectivity index (χ1v) is 16.9. The van der Waals surface area contributed by atoms with E-state index in [0.29, 0.717) is 35.6 Å². The minimum atomic E-state index is -5.77. The van der Waals surface area contributed by atoms with Crippen molar-refractivity contribution in [1.82, 2.24) is 24.9 Å². The molecular weight excluding hydrogens is 824 g/mol. The molecule has 6 bridgehead atoms. The summed E-state index contributed by atoms with van der Waals surface area (Å²) in [5.74, 6) is -5.64. The molecule has 5 heterocycles. The van der Waals surface area contributed by atoms with Gasteiger partial charge in [0.25, 0.3) is 0 Å². The number of fused-ring (bicyclic) bond motifs is 6. The topological polar surface area (TPSA) is 172 Å². The number of ketones is 2. The first-order valence-electron chi connectivity index (χ1n) is 16.5. The quantitative estimate of drug-likeness (QED) is 0.104. The third-order valence-electron chi connectivity index (χ3n) is 7.95. The highest BCUT2D eigenvalue weighted by atomic mass is 35.5.